The van der Waals surface area contributed by atoms with E-state index in [1.165, 1.54) is 12.8 Å². The molecule has 3 amide bonds. The Labute approximate surface area is 149 Å². The second-order valence-electron chi connectivity index (χ2n) is 8.09. The van der Waals surface area contributed by atoms with Gasteiger partial charge in [0.2, 0.25) is 17.7 Å². The normalized spacial score (nSPS) is 27.8. The Morgan fingerprint density at radius 2 is 1.60 bits per heavy atom. The standard InChI is InChI=1S/C19H31N3O3/c20-18(25)19(10-6-3-7-11-19)21-17(24)14-12-16(23)22(13-14)15-8-4-1-2-5-9-15/h14-15H,1-13H2,(H2,20,25)(H,21,24)/t14-/m0/s1. The summed E-state index contributed by atoms with van der Waals surface area (Å²) in [4.78, 5) is 39.1. The van der Waals surface area contributed by atoms with Gasteiger partial charge in [0.25, 0.3) is 0 Å². The van der Waals surface area contributed by atoms with Gasteiger partial charge >= 0.3 is 0 Å². The summed E-state index contributed by atoms with van der Waals surface area (Å²) in [6.07, 6.45) is 11.3. The van der Waals surface area contributed by atoms with Crippen LogP contribution in [0.1, 0.15) is 77.0 Å². The van der Waals surface area contributed by atoms with Gasteiger partial charge in [-0.05, 0) is 25.7 Å². The van der Waals surface area contributed by atoms with Crippen LogP contribution in [0.15, 0.2) is 0 Å². The molecule has 0 aromatic carbocycles. The largest absolute Gasteiger partial charge is 0.368 e. The van der Waals surface area contributed by atoms with Gasteiger partial charge in [-0.1, -0.05) is 44.9 Å². The Balaban J connectivity index is 1.62. The van der Waals surface area contributed by atoms with Crippen molar-refractivity contribution in [1.82, 2.24) is 10.2 Å². The third kappa shape index (κ3) is 3.98. The van der Waals surface area contributed by atoms with Gasteiger partial charge in [0.05, 0.1) is 5.92 Å². The van der Waals surface area contributed by atoms with Crippen LogP contribution in [-0.4, -0.2) is 40.7 Å². The molecule has 6 heteroatoms. The van der Waals surface area contributed by atoms with Gasteiger partial charge in [0.1, 0.15) is 5.54 Å². The van der Waals surface area contributed by atoms with E-state index in [0.717, 1.165) is 44.9 Å². The fourth-order valence-electron chi connectivity index (χ4n) is 4.76. The summed E-state index contributed by atoms with van der Waals surface area (Å²) in [5.41, 5.74) is 4.70. The van der Waals surface area contributed by atoms with E-state index < -0.39 is 11.4 Å². The Bertz CT molecular complexity index is 520. The highest BCUT2D eigenvalue weighted by Crippen LogP contribution is 2.31. The average Bonchev–Trinajstić information content (AvgIpc) is 2.81. The smallest absolute Gasteiger partial charge is 0.243 e. The van der Waals surface area contributed by atoms with E-state index in [1.54, 1.807) is 0 Å². The summed E-state index contributed by atoms with van der Waals surface area (Å²) < 4.78 is 0. The number of nitrogens with one attached hydrogen (secondary N) is 1. The molecule has 0 aromatic rings. The maximum Gasteiger partial charge on any atom is 0.243 e. The highest BCUT2D eigenvalue weighted by molar-refractivity contribution is 5.94. The highest BCUT2D eigenvalue weighted by Gasteiger charge is 2.43. The van der Waals surface area contributed by atoms with Gasteiger partial charge in [-0.3, -0.25) is 14.4 Å². The molecule has 3 N–H and O–H groups in total. The molecule has 3 aliphatic rings. The average molecular weight is 349 g/mol. The van der Waals surface area contributed by atoms with E-state index >= 15 is 0 Å². The highest BCUT2D eigenvalue weighted by atomic mass is 16.2. The molecular weight excluding hydrogens is 318 g/mol. The van der Waals surface area contributed by atoms with Crippen molar-refractivity contribution in [2.45, 2.75) is 88.6 Å². The zero-order valence-corrected chi connectivity index (χ0v) is 15.1. The van der Waals surface area contributed by atoms with E-state index in [4.69, 9.17) is 5.73 Å². The number of amides is 3. The van der Waals surface area contributed by atoms with Crippen LogP contribution in [0.2, 0.25) is 0 Å². The van der Waals surface area contributed by atoms with Crippen molar-refractivity contribution in [3.63, 3.8) is 0 Å². The van der Waals surface area contributed by atoms with Crippen molar-refractivity contribution < 1.29 is 14.4 Å². The number of hydrogen-bond donors (Lipinski definition) is 2. The molecule has 1 aliphatic heterocycles. The molecule has 0 unspecified atom stereocenters. The Kier molecular flexibility index (Phi) is 5.64. The lowest BCUT2D eigenvalue weighted by Gasteiger charge is -2.36. The minimum Gasteiger partial charge on any atom is -0.368 e. The van der Waals surface area contributed by atoms with Crippen molar-refractivity contribution in [1.29, 1.82) is 0 Å². The zero-order chi connectivity index (χ0) is 17.9. The predicted molar refractivity (Wildman–Crippen MR) is 94.5 cm³/mol. The van der Waals surface area contributed by atoms with E-state index in [0.29, 0.717) is 19.4 Å². The summed E-state index contributed by atoms with van der Waals surface area (Å²) in [6, 6.07) is 0.285. The molecule has 0 radical (unpaired) electrons. The fourth-order valence-corrected chi connectivity index (χ4v) is 4.76. The summed E-state index contributed by atoms with van der Waals surface area (Å²) in [5.74, 6) is -0.881. The van der Waals surface area contributed by atoms with Crippen molar-refractivity contribution in [2.75, 3.05) is 6.54 Å². The Morgan fingerprint density at radius 1 is 1.00 bits per heavy atom. The molecular formula is C19H31N3O3. The van der Waals surface area contributed by atoms with Crippen LogP contribution < -0.4 is 11.1 Å². The van der Waals surface area contributed by atoms with Crippen LogP contribution in [0.3, 0.4) is 0 Å². The van der Waals surface area contributed by atoms with Gasteiger partial charge in [-0.15, -0.1) is 0 Å². The van der Waals surface area contributed by atoms with Crippen LogP contribution in [-0.2, 0) is 14.4 Å². The monoisotopic (exact) mass is 349 g/mol. The number of hydrogen-bond acceptors (Lipinski definition) is 3. The van der Waals surface area contributed by atoms with E-state index in [-0.39, 0.29) is 30.2 Å². The summed E-state index contributed by atoms with van der Waals surface area (Å²) in [5, 5.41) is 2.94. The maximum atomic E-state index is 12.8. The Hall–Kier alpha value is -1.59. The lowest BCUT2D eigenvalue weighted by Crippen LogP contribution is -2.59. The molecule has 1 atom stereocenters. The van der Waals surface area contributed by atoms with Crippen LogP contribution in [0.5, 0.6) is 0 Å². The second-order valence-corrected chi connectivity index (χ2v) is 8.09. The zero-order valence-electron chi connectivity index (χ0n) is 15.1. The van der Waals surface area contributed by atoms with Crippen LogP contribution >= 0.6 is 0 Å². The number of carbonyl (C=O) groups is 3. The summed E-state index contributed by atoms with van der Waals surface area (Å²) >= 11 is 0. The molecule has 0 bridgehead atoms. The number of nitrogens with two attached hydrogens (primary N) is 1. The summed E-state index contributed by atoms with van der Waals surface area (Å²) in [7, 11) is 0. The molecule has 1 heterocycles. The fraction of sp³-hybridized carbons (Fsp3) is 0.842. The lowest BCUT2D eigenvalue weighted by molar-refractivity contribution is -0.135. The molecule has 25 heavy (non-hydrogen) atoms. The first kappa shape index (κ1) is 18.2. The molecule has 0 spiro atoms. The summed E-state index contributed by atoms with van der Waals surface area (Å²) in [6.45, 7) is 0.490. The van der Waals surface area contributed by atoms with Crippen LogP contribution in [0, 0.1) is 5.92 Å². The Morgan fingerprint density at radius 3 is 2.20 bits per heavy atom. The van der Waals surface area contributed by atoms with Crippen molar-refractivity contribution >= 4 is 17.7 Å². The first-order valence-electron chi connectivity index (χ1n) is 9.93. The first-order valence-corrected chi connectivity index (χ1v) is 9.93. The molecule has 3 rings (SSSR count). The van der Waals surface area contributed by atoms with Gasteiger partial charge in [0, 0.05) is 19.0 Å². The van der Waals surface area contributed by atoms with E-state index in [2.05, 4.69) is 5.32 Å². The van der Waals surface area contributed by atoms with Crippen molar-refractivity contribution in [3.8, 4) is 0 Å². The number of carbonyl (C=O) groups excluding carboxylic acids is 3. The van der Waals surface area contributed by atoms with E-state index in [1.807, 2.05) is 4.90 Å². The molecule has 0 aromatic heterocycles. The minimum atomic E-state index is -0.909. The van der Waals surface area contributed by atoms with E-state index in [9.17, 15) is 14.4 Å². The SMILES string of the molecule is NC(=O)C1(NC(=O)[C@H]2CC(=O)N(C3CCCCCC3)C2)CCCCC1. The molecule has 140 valence electrons. The minimum absolute atomic E-state index is 0.0869. The first-order chi connectivity index (χ1) is 12.0. The second kappa shape index (κ2) is 7.75. The maximum absolute atomic E-state index is 12.8. The lowest BCUT2D eigenvalue weighted by atomic mass is 9.80. The van der Waals surface area contributed by atoms with Gasteiger partial charge < -0.3 is 16.0 Å². The van der Waals surface area contributed by atoms with Gasteiger partial charge in [0.15, 0.2) is 0 Å². The number of rotatable bonds is 4. The van der Waals surface area contributed by atoms with Crippen molar-refractivity contribution in [3.05, 3.63) is 0 Å². The number of likely N-dealkylation sites (tertiary alicyclic amines) is 1. The third-order valence-electron chi connectivity index (χ3n) is 6.34. The molecule has 3 fully saturated rings. The third-order valence-corrected chi connectivity index (χ3v) is 6.34. The predicted octanol–water partition coefficient (Wildman–Crippen LogP) is 1.86. The topological polar surface area (TPSA) is 92.5 Å². The molecule has 2 saturated carbocycles. The number of primary amides is 1. The molecule has 1 saturated heterocycles. The van der Waals surface area contributed by atoms with Crippen molar-refractivity contribution in [2.24, 2.45) is 11.7 Å². The number of nitrogens with zero attached hydrogens (tertiary/aromatic N) is 1. The van der Waals surface area contributed by atoms with Gasteiger partial charge in [-0.2, -0.15) is 0 Å². The van der Waals surface area contributed by atoms with Gasteiger partial charge in [-0.25, -0.2) is 0 Å². The quantitative estimate of drug-likeness (QED) is 0.759. The van der Waals surface area contributed by atoms with Crippen LogP contribution in [0.4, 0.5) is 0 Å². The van der Waals surface area contributed by atoms with Crippen LogP contribution in [0.25, 0.3) is 0 Å². The molecule has 6 nitrogen and oxygen atoms in total. The molecule has 2 aliphatic carbocycles.